The van der Waals surface area contributed by atoms with Crippen molar-refractivity contribution in [3.05, 3.63) is 77.0 Å². The first-order chi connectivity index (χ1) is 10.2. The minimum Gasteiger partial charge on any atom is -0.262 e. The monoisotopic (exact) mass is 284 g/mol. The predicted octanol–water partition coefficient (Wildman–Crippen LogP) is 3.36. The van der Waals surface area contributed by atoms with Gasteiger partial charge in [-0.05, 0) is 24.3 Å². The van der Waals surface area contributed by atoms with Crippen LogP contribution in [0, 0.1) is 10.1 Å². The van der Waals surface area contributed by atoms with Crippen LogP contribution in [0.25, 0.3) is 0 Å². The number of rotatable bonds is 6. The minimum atomic E-state index is -1.29. The van der Waals surface area contributed by atoms with Gasteiger partial charge < -0.3 is 0 Å². The van der Waals surface area contributed by atoms with Crippen LogP contribution in [0.15, 0.2) is 77.1 Å². The molecule has 1 aliphatic carbocycles. The minimum absolute atomic E-state index is 0.216. The lowest BCUT2D eigenvalue weighted by atomic mass is 10.0. The van der Waals surface area contributed by atoms with Gasteiger partial charge in [-0.2, -0.15) is 10.2 Å². The van der Waals surface area contributed by atoms with Crippen molar-refractivity contribution in [1.29, 1.82) is 0 Å². The molecule has 0 fully saturated rings. The maximum atomic E-state index is 11.2. The topological polar surface area (TPSA) is 79.9 Å². The molecule has 0 saturated carbocycles. The van der Waals surface area contributed by atoms with Crippen LogP contribution in [-0.4, -0.2) is 17.1 Å². The molecule has 0 amide bonds. The molecule has 108 valence electrons. The van der Waals surface area contributed by atoms with Gasteiger partial charge in [0, 0.05) is 17.5 Å². The number of nitro groups is 1. The summed E-state index contributed by atoms with van der Waals surface area (Å²) in [7, 11) is 0. The fourth-order valence-corrected chi connectivity index (χ4v) is 1.88. The summed E-state index contributed by atoms with van der Waals surface area (Å²) in [5.74, 6) is 0. The van der Waals surface area contributed by atoms with E-state index in [1.54, 1.807) is 18.2 Å². The molecule has 6 nitrogen and oxygen atoms in total. The first-order valence-electron chi connectivity index (χ1n) is 6.53. The molecular weight excluding hydrogens is 268 g/mol. The molecule has 2 rings (SSSR count). The fraction of sp³-hybridized carbons (Fsp3) is 0.200. The van der Waals surface area contributed by atoms with Gasteiger partial charge in [0.25, 0.3) is 5.66 Å². The van der Waals surface area contributed by atoms with Gasteiger partial charge in [-0.15, -0.1) is 6.58 Å². The molecule has 0 saturated heterocycles. The summed E-state index contributed by atoms with van der Waals surface area (Å²) in [6.07, 6.45) is 6.62. The molecule has 1 N–H and O–H groups in total. The summed E-state index contributed by atoms with van der Waals surface area (Å²) in [5.41, 5.74) is 0.0550. The molecule has 6 heteroatoms. The summed E-state index contributed by atoms with van der Waals surface area (Å²) in [5, 5.41) is 22.3. The maximum Gasteiger partial charge on any atom is 0.298 e. The van der Waals surface area contributed by atoms with E-state index in [1.165, 1.54) is 6.08 Å². The molecule has 1 aromatic rings. The van der Waals surface area contributed by atoms with Gasteiger partial charge in [0.1, 0.15) is 0 Å². The molecule has 0 spiro atoms. The Kier molecular flexibility index (Phi) is 4.73. The molecule has 0 aliphatic heterocycles. The number of benzene rings is 1. The normalized spacial score (nSPS) is 21.2. The molecule has 0 aromatic heterocycles. The van der Waals surface area contributed by atoms with E-state index in [4.69, 9.17) is 0 Å². The molecule has 1 atom stereocenters. The third-order valence-corrected chi connectivity index (χ3v) is 3.07. The quantitative estimate of drug-likeness (QED) is 0.286. The largest absolute Gasteiger partial charge is 0.298 e. The van der Waals surface area contributed by atoms with Crippen molar-refractivity contribution in [1.82, 2.24) is 5.32 Å². The van der Waals surface area contributed by atoms with Gasteiger partial charge in [-0.25, -0.2) is 5.32 Å². The van der Waals surface area contributed by atoms with Crippen molar-refractivity contribution in [2.45, 2.75) is 12.1 Å². The molecule has 1 aromatic carbocycles. The van der Waals surface area contributed by atoms with Crippen LogP contribution in [0.2, 0.25) is 0 Å². The standard InChI is InChI=1S/C15H16N4O2/c1-2-12-16-15(19(20)21)10-8-14(9-11-15)18-17-13-6-4-3-5-7-13/h2-10,16H,1,11-12H2. The Balaban J connectivity index is 2.07. The molecule has 1 unspecified atom stereocenters. The highest BCUT2D eigenvalue weighted by molar-refractivity contribution is 5.35. The Morgan fingerprint density at radius 2 is 2.14 bits per heavy atom. The van der Waals surface area contributed by atoms with Crippen molar-refractivity contribution in [3.8, 4) is 0 Å². The van der Waals surface area contributed by atoms with E-state index in [9.17, 15) is 10.1 Å². The van der Waals surface area contributed by atoms with E-state index < -0.39 is 5.66 Å². The fourth-order valence-electron chi connectivity index (χ4n) is 1.88. The van der Waals surface area contributed by atoms with Crippen molar-refractivity contribution >= 4 is 5.69 Å². The highest BCUT2D eigenvalue weighted by Crippen LogP contribution is 2.23. The molecule has 0 radical (unpaired) electrons. The summed E-state index contributed by atoms with van der Waals surface area (Å²) in [4.78, 5) is 10.9. The molecule has 21 heavy (non-hydrogen) atoms. The molecule has 1 aliphatic rings. The second-order valence-corrected chi connectivity index (χ2v) is 4.55. The van der Waals surface area contributed by atoms with Gasteiger partial charge in [-0.1, -0.05) is 24.3 Å². The van der Waals surface area contributed by atoms with E-state index >= 15 is 0 Å². The second kappa shape index (κ2) is 6.71. The van der Waals surface area contributed by atoms with E-state index in [-0.39, 0.29) is 11.3 Å². The first-order valence-corrected chi connectivity index (χ1v) is 6.53. The van der Waals surface area contributed by atoms with Crippen molar-refractivity contribution in [2.24, 2.45) is 10.2 Å². The summed E-state index contributed by atoms with van der Waals surface area (Å²) in [6.45, 7) is 3.92. The van der Waals surface area contributed by atoms with Gasteiger partial charge in [0.2, 0.25) is 0 Å². The Bertz CT molecular complexity index is 607. The third-order valence-electron chi connectivity index (χ3n) is 3.07. The number of nitrogens with zero attached hydrogens (tertiary/aromatic N) is 3. The number of hydrogen-bond donors (Lipinski definition) is 1. The zero-order valence-corrected chi connectivity index (χ0v) is 11.5. The highest BCUT2D eigenvalue weighted by Gasteiger charge is 2.39. The predicted molar refractivity (Wildman–Crippen MR) is 80.7 cm³/mol. The lowest BCUT2D eigenvalue weighted by Gasteiger charge is -2.23. The van der Waals surface area contributed by atoms with Crippen LogP contribution < -0.4 is 5.32 Å². The smallest absolute Gasteiger partial charge is 0.262 e. The molecule has 0 bridgehead atoms. The number of hydrogen-bond acceptors (Lipinski definition) is 5. The maximum absolute atomic E-state index is 11.2. The van der Waals surface area contributed by atoms with Gasteiger partial charge in [0.15, 0.2) is 0 Å². The lowest BCUT2D eigenvalue weighted by Crippen LogP contribution is -2.50. The summed E-state index contributed by atoms with van der Waals surface area (Å²) >= 11 is 0. The zero-order chi connectivity index (χ0) is 15.1. The zero-order valence-electron chi connectivity index (χ0n) is 11.5. The van der Waals surface area contributed by atoms with Crippen LogP contribution in [0.1, 0.15) is 6.42 Å². The van der Waals surface area contributed by atoms with Crippen LogP contribution in [0.4, 0.5) is 5.69 Å². The second-order valence-electron chi connectivity index (χ2n) is 4.55. The number of allylic oxidation sites excluding steroid dienone is 1. The third kappa shape index (κ3) is 3.70. The van der Waals surface area contributed by atoms with Crippen LogP contribution in [0.5, 0.6) is 0 Å². The van der Waals surface area contributed by atoms with Gasteiger partial charge in [-0.3, -0.25) is 10.1 Å². The van der Waals surface area contributed by atoms with Crippen LogP contribution >= 0.6 is 0 Å². The van der Waals surface area contributed by atoms with E-state index in [0.29, 0.717) is 12.2 Å². The SMILES string of the molecule is C=CCNC1([N+](=O)[O-])C=CC(N=Nc2ccccc2)=CC1. The highest BCUT2D eigenvalue weighted by atomic mass is 16.6. The van der Waals surface area contributed by atoms with Crippen LogP contribution in [0.3, 0.4) is 0 Å². The van der Waals surface area contributed by atoms with Crippen molar-refractivity contribution in [3.63, 3.8) is 0 Å². The Morgan fingerprint density at radius 3 is 2.71 bits per heavy atom. The molecular formula is C15H16N4O2. The Labute approximate surface area is 122 Å². The lowest BCUT2D eigenvalue weighted by molar-refractivity contribution is -0.562. The van der Waals surface area contributed by atoms with Crippen molar-refractivity contribution < 1.29 is 4.92 Å². The Hall–Kier alpha value is -2.60. The van der Waals surface area contributed by atoms with Gasteiger partial charge in [0.05, 0.1) is 17.8 Å². The first kappa shape index (κ1) is 14.8. The summed E-state index contributed by atoms with van der Waals surface area (Å²) in [6, 6.07) is 9.31. The average Bonchev–Trinajstić information content (AvgIpc) is 2.53. The average molecular weight is 284 g/mol. The summed E-state index contributed by atoms with van der Waals surface area (Å²) < 4.78 is 0. The van der Waals surface area contributed by atoms with E-state index in [0.717, 1.165) is 5.69 Å². The van der Waals surface area contributed by atoms with Crippen molar-refractivity contribution in [2.75, 3.05) is 6.54 Å². The van der Waals surface area contributed by atoms with E-state index in [1.807, 2.05) is 30.3 Å². The number of azo groups is 1. The Morgan fingerprint density at radius 1 is 1.38 bits per heavy atom. The van der Waals surface area contributed by atoms with E-state index in [2.05, 4.69) is 22.1 Å². The van der Waals surface area contributed by atoms with Crippen LogP contribution in [-0.2, 0) is 0 Å². The van der Waals surface area contributed by atoms with Gasteiger partial charge >= 0.3 is 0 Å². The molecule has 0 heterocycles. The number of nitrogens with one attached hydrogen (secondary N) is 1.